The number of aliphatic carboxylic acids is 1. The SMILES string of the molecule is CC(C)Cc1cnc2cc(/C=C/C(=O)O)ccc2c1. The van der Waals surface area contributed by atoms with Crippen molar-refractivity contribution in [3.8, 4) is 0 Å². The highest BCUT2D eigenvalue weighted by atomic mass is 16.4. The zero-order chi connectivity index (χ0) is 13.8. The molecule has 1 aromatic carbocycles. The third kappa shape index (κ3) is 3.65. The Labute approximate surface area is 112 Å². The first-order valence-electron chi connectivity index (χ1n) is 6.34. The van der Waals surface area contributed by atoms with E-state index >= 15 is 0 Å². The Kier molecular flexibility index (Phi) is 3.95. The number of carboxylic acids is 1. The summed E-state index contributed by atoms with van der Waals surface area (Å²) in [5, 5.41) is 9.69. The minimum atomic E-state index is -0.944. The van der Waals surface area contributed by atoms with Crippen LogP contribution in [-0.4, -0.2) is 16.1 Å². The van der Waals surface area contributed by atoms with Gasteiger partial charge in [-0.3, -0.25) is 4.98 Å². The van der Waals surface area contributed by atoms with Crippen LogP contribution in [0, 0.1) is 5.92 Å². The molecule has 0 radical (unpaired) electrons. The molecule has 19 heavy (non-hydrogen) atoms. The summed E-state index contributed by atoms with van der Waals surface area (Å²) < 4.78 is 0. The van der Waals surface area contributed by atoms with Gasteiger partial charge >= 0.3 is 5.97 Å². The molecule has 0 aliphatic carbocycles. The number of fused-ring (bicyclic) bond motifs is 1. The Morgan fingerprint density at radius 2 is 2.16 bits per heavy atom. The Bertz CT molecular complexity index is 630. The Hall–Kier alpha value is -2.16. The molecule has 0 spiro atoms. The largest absolute Gasteiger partial charge is 0.478 e. The summed E-state index contributed by atoms with van der Waals surface area (Å²) in [6.07, 6.45) is 5.62. The zero-order valence-corrected chi connectivity index (χ0v) is 11.1. The third-order valence-electron chi connectivity index (χ3n) is 2.83. The van der Waals surface area contributed by atoms with Crippen LogP contribution in [0.3, 0.4) is 0 Å². The van der Waals surface area contributed by atoms with E-state index in [4.69, 9.17) is 5.11 Å². The predicted molar refractivity (Wildman–Crippen MR) is 77.0 cm³/mol. The first-order chi connectivity index (χ1) is 9.04. The summed E-state index contributed by atoms with van der Waals surface area (Å²) in [6, 6.07) is 7.93. The average molecular weight is 255 g/mol. The Balaban J connectivity index is 2.32. The molecule has 1 heterocycles. The smallest absolute Gasteiger partial charge is 0.328 e. The number of carbonyl (C=O) groups is 1. The molecular weight excluding hydrogens is 238 g/mol. The summed E-state index contributed by atoms with van der Waals surface area (Å²) in [7, 11) is 0. The van der Waals surface area contributed by atoms with Gasteiger partial charge in [-0.05, 0) is 41.7 Å². The highest BCUT2D eigenvalue weighted by Gasteiger charge is 2.01. The van der Waals surface area contributed by atoms with Gasteiger partial charge in [-0.1, -0.05) is 26.0 Å². The van der Waals surface area contributed by atoms with Crippen LogP contribution in [0.2, 0.25) is 0 Å². The van der Waals surface area contributed by atoms with E-state index in [0.717, 1.165) is 29.0 Å². The van der Waals surface area contributed by atoms with E-state index in [0.29, 0.717) is 5.92 Å². The number of benzene rings is 1. The second-order valence-corrected chi connectivity index (χ2v) is 5.07. The second kappa shape index (κ2) is 5.65. The van der Waals surface area contributed by atoms with Crippen molar-refractivity contribution in [2.45, 2.75) is 20.3 Å². The molecule has 3 nitrogen and oxygen atoms in total. The van der Waals surface area contributed by atoms with Crippen LogP contribution in [0.5, 0.6) is 0 Å². The molecule has 0 saturated heterocycles. The summed E-state index contributed by atoms with van der Waals surface area (Å²) >= 11 is 0. The summed E-state index contributed by atoms with van der Waals surface area (Å²) in [6.45, 7) is 4.37. The average Bonchev–Trinajstić information content (AvgIpc) is 2.35. The van der Waals surface area contributed by atoms with Crippen molar-refractivity contribution in [3.05, 3.63) is 47.7 Å². The van der Waals surface area contributed by atoms with Gasteiger partial charge in [0.2, 0.25) is 0 Å². The van der Waals surface area contributed by atoms with Gasteiger partial charge in [0.25, 0.3) is 0 Å². The van der Waals surface area contributed by atoms with Gasteiger partial charge in [0.1, 0.15) is 0 Å². The van der Waals surface area contributed by atoms with Crippen LogP contribution in [0.15, 0.2) is 36.5 Å². The van der Waals surface area contributed by atoms with E-state index in [1.807, 2.05) is 24.4 Å². The highest BCUT2D eigenvalue weighted by molar-refractivity contribution is 5.87. The van der Waals surface area contributed by atoms with Crippen LogP contribution in [-0.2, 0) is 11.2 Å². The molecule has 0 unspecified atom stereocenters. The molecule has 98 valence electrons. The molecule has 0 atom stereocenters. The van der Waals surface area contributed by atoms with Crippen molar-refractivity contribution in [2.24, 2.45) is 5.92 Å². The van der Waals surface area contributed by atoms with Crippen LogP contribution < -0.4 is 0 Å². The van der Waals surface area contributed by atoms with Gasteiger partial charge in [-0.2, -0.15) is 0 Å². The van der Waals surface area contributed by atoms with Gasteiger partial charge in [-0.25, -0.2) is 4.79 Å². The van der Waals surface area contributed by atoms with Gasteiger partial charge < -0.3 is 5.11 Å². The lowest BCUT2D eigenvalue weighted by molar-refractivity contribution is -0.131. The van der Waals surface area contributed by atoms with Crippen LogP contribution in [0.25, 0.3) is 17.0 Å². The number of hydrogen-bond donors (Lipinski definition) is 1. The standard InChI is InChI=1S/C16H17NO2/c1-11(2)7-13-8-14-5-3-12(4-6-16(18)19)9-15(14)17-10-13/h3-6,8-11H,7H2,1-2H3,(H,18,19)/b6-4+. The number of aromatic nitrogens is 1. The lowest BCUT2D eigenvalue weighted by Gasteiger charge is -2.06. The molecule has 0 fully saturated rings. The second-order valence-electron chi connectivity index (χ2n) is 5.07. The van der Waals surface area contributed by atoms with Gasteiger partial charge in [0.15, 0.2) is 0 Å². The molecule has 0 bridgehead atoms. The maximum Gasteiger partial charge on any atom is 0.328 e. The van der Waals surface area contributed by atoms with E-state index in [2.05, 4.69) is 24.9 Å². The van der Waals surface area contributed by atoms with E-state index in [1.54, 1.807) is 6.08 Å². The minimum Gasteiger partial charge on any atom is -0.478 e. The van der Waals surface area contributed by atoms with Gasteiger partial charge in [0, 0.05) is 17.7 Å². The molecule has 0 saturated carbocycles. The number of carboxylic acid groups (broad SMARTS) is 1. The predicted octanol–water partition coefficient (Wildman–Crippen LogP) is 3.53. The monoisotopic (exact) mass is 255 g/mol. The van der Waals surface area contributed by atoms with Crippen LogP contribution in [0.4, 0.5) is 0 Å². The fourth-order valence-corrected chi connectivity index (χ4v) is 2.04. The van der Waals surface area contributed by atoms with Gasteiger partial charge in [0.05, 0.1) is 5.52 Å². The summed E-state index contributed by atoms with van der Waals surface area (Å²) in [5.41, 5.74) is 2.97. The van der Waals surface area contributed by atoms with Crippen LogP contribution in [0.1, 0.15) is 25.0 Å². The quantitative estimate of drug-likeness (QED) is 0.850. The molecular formula is C16H17NO2. The molecule has 0 amide bonds. The Morgan fingerprint density at radius 3 is 2.84 bits per heavy atom. The highest BCUT2D eigenvalue weighted by Crippen LogP contribution is 2.18. The third-order valence-corrected chi connectivity index (χ3v) is 2.83. The van der Waals surface area contributed by atoms with E-state index in [1.165, 1.54) is 5.56 Å². The van der Waals surface area contributed by atoms with E-state index in [9.17, 15) is 4.79 Å². The van der Waals surface area contributed by atoms with E-state index < -0.39 is 5.97 Å². The lowest BCUT2D eigenvalue weighted by atomic mass is 10.0. The number of pyridine rings is 1. The lowest BCUT2D eigenvalue weighted by Crippen LogP contribution is -1.95. The topological polar surface area (TPSA) is 50.2 Å². The van der Waals surface area contributed by atoms with Crippen molar-refractivity contribution >= 4 is 22.9 Å². The maximum atomic E-state index is 10.5. The van der Waals surface area contributed by atoms with Crippen molar-refractivity contribution in [1.82, 2.24) is 4.98 Å². The molecule has 3 heteroatoms. The fraction of sp³-hybridized carbons (Fsp3) is 0.250. The van der Waals surface area contributed by atoms with Crippen molar-refractivity contribution in [1.29, 1.82) is 0 Å². The molecule has 2 rings (SSSR count). The molecule has 1 aromatic heterocycles. The van der Waals surface area contributed by atoms with Crippen LogP contribution >= 0.6 is 0 Å². The fourth-order valence-electron chi connectivity index (χ4n) is 2.04. The molecule has 0 aliphatic heterocycles. The first-order valence-corrected chi connectivity index (χ1v) is 6.34. The summed E-state index contributed by atoms with van der Waals surface area (Å²) in [4.78, 5) is 14.9. The number of rotatable bonds is 4. The maximum absolute atomic E-state index is 10.5. The van der Waals surface area contributed by atoms with Crippen molar-refractivity contribution < 1.29 is 9.90 Å². The molecule has 2 aromatic rings. The molecule has 0 aliphatic rings. The zero-order valence-electron chi connectivity index (χ0n) is 11.1. The van der Waals surface area contributed by atoms with Crippen molar-refractivity contribution in [3.63, 3.8) is 0 Å². The summed E-state index contributed by atoms with van der Waals surface area (Å²) in [5.74, 6) is -0.336. The number of hydrogen-bond acceptors (Lipinski definition) is 2. The van der Waals surface area contributed by atoms with E-state index in [-0.39, 0.29) is 0 Å². The number of nitrogens with zero attached hydrogens (tertiary/aromatic N) is 1. The Morgan fingerprint density at radius 1 is 1.37 bits per heavy atom. The molecule has 1 N–H and O–H groups in total. The van der Waals surface area contributed by atoms with Gasteiger partial charge in [-0.15, -0.1) is 0 Å². The minimum absolute atomic E-state index is 0.608. The first kappa shape index (κ1) is 13.3. The van der Waals surface area contributed by atoms with Crippen molar-refractivity contribution in [2.75, 3.05) is 0 Å². The normalized spacial score (nSPS) is 11.5.